The summed E-state index contributed by atoms with van der Waals surface area (Å²) in [5, 5.41) is 0. The minimum atomic E-state index is -0.548. The number of rotatable bonds is 3. The Bertz CT molecular complexity index is 577. The molecule has 1 aliphatic heterocycles. The number of anilines is 1. The maximum absolute atomic E-state index is 12.0. The van der Waals surface area contributed by atoms with Crippen LogP contribution in [-0.4, -0.2) is 19.1 Å². The lowest BCUT2D eigenvalue weighted by Crippen LogP contribution is -2.63. The van der Waals surface area contributed by atoms with Crippen molar-refractivity contribution in [1.29, 1.82) is 0 Å². The Morgan fingerprint density at radius 1 is 1.26 bits per heavy atom. The number of β-lactam (4-membered cyclic amide) rings is 1. The number of benzene rings is 1. The van der Waals surface area contributed by atoms with Crippen LogP contribution in [0.3, 0.4) is 0 Å². The first-order valence-electron chi connectivity index (χ1n) is 5.98. The molecule has 5 nitrogen and oxygen atoms in total. The number of furan rings is 1. The maximum atomic E-state index is 12.0. The van der Waals surface area contributed by atoms with Crippen molar-refractivity contribution in [2.24, 2.45) is 5.73 Å². The zero-order valence-corrected chi connectivity index (χ0v) is 10.4. The first-order valence-corrected chi connectivity index (χ1v) is 5.98. The lowest BCUT2D eigenvalue weighted by atomic mass is 9.92. The summed E-state index contributed by atoms with van der Waals surface area (Å²) in [5.74, 6) is 1.34. The van der Waals surface area contributed by atoms with Crippen molar-refractivity contribution < 1.29 is 13.9 Å². The Morgan fingerprint density at radius 2 is 2.00 bits per heavy atom. The Kier molecular flexibility index (Phi) is 2.76. The van der Waals surface area contributed by atoms with Crippen molar-refractivity contribution in [3.05, 3.63) is 48.4 Å². The molecule has 1 saturated heterocycles. The van der Waals surface area contributed by atoms with Crippen LogP contribution in [0.2, 0.25) is 0 Å². The van der Waals surface area contributed by atoms with Crippen molar-refractivity contribution >= 4 is 11.6 Å². The highest BCUT2D eigenvalue weighted by atomic mass is 16.5. The molecule has 19 heavy (non-hydrogen) atoms. The normalized spacial score (nSPS) is 22.2. The summed E-state index contributed by atoms with van der Waals surface area (Å²) in [7, 11) is 1.60. The highest BCUT2D eigenvalue weighted by Gasteiger charge is 2.48. The predicted molar refractivity (Wildman–Crippen MR) is 69.9 cm³/mol. The molecule has 98 valence electrons. The van der Waals surface area contributed by atoms with Gasteiger partial charge in [0.1, 0.15) is 23.6 Å². The van der Waals surface area contributed by atoms with Gasteiger partial charge in [0.05, 0.1) is 13.4 Å². The monoisotopic (exact) mass is 258 g/mol. The van der Waals surface area contributed by atoms with Gasteiger partial charge >= 0.3 is 0 Å². The van der Waals surface area contributed by atoms with Gasteiger partial charge in [0.15, 0.2) is 0 Å². The van der Waals surface area contributed by atoms with Crippen LogP contribution in [0, 0.1) is 0 Å². The standard InChI is InChI=1S/C14H14N2O3/c1-18-10-6-4-9(5-7-10)16-13(12(15)14(16)17)11-3-2-8-19-11/h2-8,12-13H,15H2,1H3/t12-,13+/m0/s1. The number of hydrogen-bond donors (Lipinski definition) is 1. The average molecular weight is 258 g/mol. The fourth-order valence-corrected chi connectivity index (χ4v) is 2.31. The third-order valence-corrected chi connectivity index (χ3v) is 3.33. The Balaban J connectivity index is 1.91. The summed E-state index contributed by atoms with van der Waals surface area (Å²) < 4.78 is 10.5. The second-order valence-electron chi connectivity index (χ2n) is 4.39. The van der Waals surface area contributed by atoms with Crippen molar-refractivity contribution in [2.75, 3.05) is 12.0 Å². The second-order valence-corrected chi connectivity index (χ2v) is 4.39. The quantitative estimate of drug-likeness (QED) is 0.851. The van der Waals surface area contributed by atoms with Crippen LogP contribution in [0.1, 0.15) is 11.8 Å². The van der Waals surface area contributed by atoms with Gasteiger partial charge in [-0.2, -0.15) is 0 Å². The first kappa shape index (κ1) is 11.8. The van der Waals surface area contributed by atoms with Gasteiger partial charge in [-0.15, -0.1) is 0 Å². The van der Waals surface area contributed by atoms with Crippen LogP contribution in [0.15, 0.2) is 47.1 Å². The largest absolute Gasteiger partial charge is 0.497 e. The molecule has 2 heterocycles. The third kappa shape index (κ3) is 1.79. The molecule has 0 radical (unpaired) electrons. The minimum absolute atomic E-state index is 0.105. The third-order valence-electron chi connectivity index (χ3n) is 3.33. The molecule has 1 aromatic carbocycles. The smallest absolute Gasteiger partial charge is 0.247 e. The summed E-state index contributed by atoms with van der Waals surface area (Å²) in [6.07, 6.45) is 1.58. The van der Waals surface area contributed by atoms with Crippen molar-refractivity contribution in [2.45, 2.75) is 12.1 Å². The van der Waals surface area contributed by atoms with E-state index in [1.54, 1.807) is 24.3 Å². The van der Waals surface area contributed by atoms with E-state index in [0.29, 0.717) is 5.76 Å². The van der Waals surface area contributed by atoms with E-state index in [1.165, 1.54) is 0 Å². The molecule has 0 spiro atoms. The summed E-state index contributed by atoms with van der Waals surface area (Å²) in [6, 6.07) is 10.1. The molecule has 0 aliphatic carbocycles. The topological polar surface area (TPSA) is 68.7 Å². The lowest BCUT2D eigenvalue weighted by molar-refractivity contribution is -0.126. The van der Waals surface area contributed by atoms with Gasteiger partial charge in [0.2, 0.25) is 5.91 Å². The van der Waals surface area contributed by atoms with E-state index < -0.39 is 6.04 Å². The summed E-state index contributed by atoms with van der Waals surface area (Å²) in [6.45, 7) is 0. The van der Waals surface area contributed by atoms with E-state index in [0.717, 1.165) is 11.4 Å². The number of nitrogens with two attached hydrogens (primary N) is 1. The van der Waals surface area contributed by atoms with Crippen molar-refractivity contribution in [3.63, 3.8) is 0 Å². The van der Waals surface area contributed by atoms with E-state index in [4.69, 9.17) is 14.9 Å². The van der Waals surface area contributed by atoms with Crippen LogP contribution in [0.5, 0.6) is 5.75 Å². The molecule has 0 unspecified atom stereocenters. The summed E-state index contributed by atoms with van der Waals surface area (Å²) >= 11 is 0. The zero-order valence-electron chi connectivity index (χ0n) is 10.4. The molecule has 2 atom stereocenters. The van der Waals surface area contributed by atoms with E-state index in [-0.39, 0.29) is 11.9 Å². The maximum Gasteiger partial charge on any atom is 0.247 e. The van der Waals surface area contributed by atoms with Gasteiger partial charge in [-0.05, 0) is 36.4 Å². The minimum Gasteiger partial charge on any atom is -0.497 e. The number of amides is 1. The molecule has 2 aromatic rings. The first-order chi connectivity index (χ1) is 9.22. The number of carbonyl (C=O) groups is 1. The number of hydrogen-bond acceptors (Lipinski definition) is 4. The lowest BCUT2D eigenvalue weighted by Gasteiger charge is -2.44. The molecule has 5 heteroatoms. The molecule has 1 amide bonds. The predicted octanol–water partition coefficient (Wildman–Crippen LogP) is 1.70. The highest BCUT2D eigenvalue weighted by molar-refractivity contribution is 6.05. The average Bonchev–Trinajstić information content (AvgIpc) is 2.97. The molecular weight excluding hydrogens is 244 g/mol. The summed E-state index contributed by atoms with van der Waals surface area (Å²) in [5.41, 5.74) is 6.65. The van der Waals surface area contributed by atoms with Gasteiger partial charge < -0.3 is 14.9 Å². The number of nitrogens with zero attached hydrogens (tertiary/aromatic N) is 1. The van der Waals surface area contributed by atoms with E-state index in [9.17, 15) is 4.79 Å². The van der Waals surface area contributed by atoms with Gasteiger partial charge in [0, 0.05) is 5.69 Å². The van der Waals surface area contributed by atoms with Crippen LogP contribution >= 0.6 is 0 Å². The Hall–Kier alpha value is -2.27. The fraction of sp³-hybridized carbons (Fsp3) is 0.214. The number of methoxy groups -OCH3 is 1. The zero-order chi connectivity index (χ0) is 13.4. The molecule has 2 N–H and O–H groups in total. The molecule has 0 bridgehead atoms. The van der Waals surface area contributed by atoms with Crippen molar-refractivity contribution in [1.82, 2.24) is 0 Å². The second kappa shape index (κ2) is 4.44. The molecule has 3 rings (SSSR count). The van der Waals surface area contributed by atoms with Gasteiger partial charge in [-0.3, -0.25) is 9.69 Å². The number of carbonyl (C=O) groups excluding carboxylic acids is 1. The fourth-order valence-electron chi connectivity index (χ4n) is 2.31. The van der Waals surface area contributed by atoms with E-state index >= 15 is 0 Å². The highest BCUT2D eigenvalue weighted by Crippen LogP contribution is 2.38. The van der Waals surface area contributed by atoms with Crippen LogP contribution in [0.4, 0.5) is 5.69 Å². The molecule has 1 aromatic heterocycles. The van der Waals surface area contributed by atoms with E-state index in [2.05, 4.69) is 0 Å². The molecular formula is C14H14N2O3. The SMILES string of the molecule is COc1ccc(N2C(=O)[C@@H](N)[C@H]2c2ccco2)cc1. The van der Waals surface area contributed by atoms with E-state index in [1.807, 2.05) is 30.3 Å². The molecule has 1 fully saturated rings. The molecule has 1 aliphatic rings. The van der Waals surface area contributed by atoms with Gasteiger partial charge in [-0.1, -0.05) is 0 Å². The van der Waals surface area contributed by atoms with Gasteiger partial charge in [-0.25, -0.2) is 0 Å². The molecule has 0 saturated carbocycles. The van der Waals surface area contributed by atoms with Crippen LogP contribution in [-0.2, 0) is 4.79 Å². The number of ether oxygens (including phenoxy) is 1. The Morgan fingerprint density at radius 3 is 2.58 bits per heavy atom. The van der Waals surface area contributed by atoms with Crippen LogP contribution in [0.25, 0.3) is 0 Å². The summed E-state index contributed by atoms with van der Waals surface area (Å²) in [4.78, 5) is 13.6. The van der Waals surface area contributed by atoms with Crippen LogP contribution < -0.4 is 15.4 Å². The Labute approximate surface area is 110 Å². The van der Waals surface area contributed by atoms with Gasteiger partial charge in [0.25, 0.3) is 0 Å². The van der Waals surface area contributed by atoms with Crippen molar-refractivity contribution in [3.8, 4) is 5.75 Å².